The molecule has 0 amide bonds. The lowest BCUT2D eigenvalue weighted by molar-refractivity contribution is 0.0655. The number of benzene rings is 2. The van der Waals surface area contributed by atoms with E-state index in [4.69, 9.17) is 9.47 Å². The van der Waals surface area contributed by atoms with Gasteiger partial charge in [0, 0.05) is 13.1 Å². The van der Waals surface area contributed by atoms with Gasteiger partial charge in [-0.2, -0.15) is 0 Å². The molecule has 180 valence electrons. The van der Waals surface area contributed by atoms with Crippen molar-refractivity contribution in [3.63, 3.8) is 0 Å². The van der Waals surface area contributed by atoms with E-state index < -0.39 is 0 Å². The first-order valence-corrected chi connectivity index (χ1v) is 12.0. The molecule has 2 aromatic rings. The summed E-state index contributed by atoms with van der Waals surface area (Å²) in [6.45, 7) is 18.3. The maximum absolute atomic E-state index is 5.58. The van der Waals surface area contributed by atoms with Crippen LogP contribution in [0.1, 0.15) is 63.8 Å². The van der Waals surface area contributed by atoms with Crippen molar-refractivity contribution in [2.45, 2.75) is 80.1 Å². The summed E-state index contributed by atoms with van der Waals surface area (Å²) in [4.78, 5) is 4.58. The molecule has 0 heterocycles. The summed E-state index contributed by atoms with van der Waals surface area (Å²) in [7, 11) is 4.16. The first-order valence-electron chi connectivity index (χ1n) is 12.0. The predicted octanol–water partition coefficient (Wildman–Crippen LogP) is 6.13. The van der Waals surface area contributed by atoms with Crippen molar-refractivity contribution in [1.82, 2.24) is 9.80 Å². The Morgan fingerprint density at radius 1 is 0.594 bits per heavy atom. The van der Waals surface area contributed by atoms with Crippen molar-refractivity contribution in [3.05, 3.63) is 70.8 Å². The van der Waals surface area contributed by atoms with Gasteiger partial charge in [0.05, 0.1) is 25.4 Å². The fourth-order valence-corrected chi connectivity index (χ4v) is 3.08. The first kappa shape index (κ1) is 28.3. The van der Waals surface area contributed by atoms with Gasteiger partial charge in [0.15, 0.2) is 0 Å². The van der Waals surface area contributed by atoms with E-state index in [-0.39, 0.29) is 0 Å². The lowest BCUT2D eigenvalue weighted by Crippen LogP contribution is -2.22. The topological polar surface area (TPSA) is 24.9 Å². The lowest BCUT2D eigenvalue weighted by Gasteiger charge is -2.18. The number of rotatable bonds is 12. The van der Waals surface area contributed by atoms with Crippen molar-refractivity contribution in [2.24, 2.45) is 0 Å². The van der Waals surface area contributed by atoms with E-state index in [0.717, 1.165) is 26.2 Å². The van der Waals surface area contributed by atoms with Crippen molar-refractivity contribution in [3.8, 4) is 0 Å². The van der Waals surface area contributed by atoms with E-state index in [2.05, 4.69) is 114 Å². The van der Waals surface area contributed by atoms with E-state index in [1.54, 1.807) is 0 Å². The Morgan fingerprint density at radius 3 is 1.25 bits per heavy atom. The summed E-state index contributed by atoms with van der Waals surface area (Å²) in [5.41, 5.74) is 5.21. The van der Waals surface area contributed by atoms with Gasteiger partial charge in [0.25, 0.3) is 0 Å². The number of ether oxygens (including phenoxy) is 2. The van der Waals surface area contributed by atoms with Crippen LogP contribution in [0, 0.1) is 0 Å². The molecule has 4 heteroatoms. The second kappa shape index (κ2) is 16.0. The van der Waals surface area contributed by atoms with Crippen LogP contribution in [0.4, 0.5) is 0 Å². The molecule has 32 heavy (non-hydrogen) atoms. The zero-order chi connectivity index (χ0) is 23.9. The zero-order valence-corrected chi connectivity index (χ0v) is 21.7. The third-order valence-electron chi connectivity index (χ3n) is 5.01. The number of hydrogen-bond donors (Lipinski definition) is 0. The van der Waals surface area contributed by atoms with Gasteiger partial charge in [-0.1, -0.05) is 62.4 Å². The van der Waals surface area contributed by atoms with Crippen LogP contribution in [0.15, 0.2) is 48.5 Å². The van der Waals surface area contributed by atoms with E-state index >= 15 is 0 Å². The molecular weight excluding hydrogens is 396 g/mol. The molecule has 2 aromatic carbocycles. The monoisotopic (exact) mass is 442 g/mol. The van der Waals surface area contributed by atoms with Gasteiger partial charge in [-0.3, -0.25) is 4.90 Å². The van der Waals surface area contributed by atoms with E-state index in [9.17, 15) is 0 Å². The van der Waals surface area contributed by atoms with Crippen LogP contribution in [-0.2, 0) is 35.8 Å². The van der Waals surface area contributed by atoms with E-state index in [1.165, 1.54) is 22.3 Å². The molecular formula is C28H46N2O2. The highest BCUT2D eigenvalue weighted by Gasteiger charge is 2.02. The van der Waals surface area contributed by atoms with Crippen LogP contribution in [0.5, 0.6) is 0 Å². The molecule has 0 aliphatic heterocycles. The van der Waals surface area contributed by atoms with E-state index in [0.29, 0.717) is 25.4 Å². The highest BCUT2D eigenvalue weighted by Crippen LogP contribution is 2.10. The number of hydrogen-bond acceptors (Lipinski definition) is 4. The Morgan fingerprint density at radius 2 is 0.938 bits per heavy atom. The SMILES string of the molecule is CC(C)OCc1ccc(CN(C)C)cc1.CCN(CC)Cc1ccc(COC(C)C)cc1. The fraction of sp³-hybridized carbons (Fsp3) is 0.571. The Balaban J connectivity index is 0.000000323. The molecule has 2 rings (SSSR count). The number of nitrogens with zero attached hydrogens (tertiary/aromatic N) is 2. The first-order chi connectivity index (χ1) is 15.2. The molecule has 0 spiro atoms. The maximum Gasteiger partial charge on any atom is 0.0720 e. The van der Waals surface area contributed by atoms with E-state index in [1.807, 2.05) is 0 Å². The van der Waals surface area contributed by atoms with Gasteiger partial charge in [0.2, 0.25) is 0 Å². The minimum absolute atomic E-state index is 0.297. The standard InChI is InChI=1S/C15H25NO.C13H21NO/c1-5-16(6-2)11-14-7-9-15(10-8-14)12-17-13(3)4;1-11(2)15-10-13-7-5-12(6-8-13)9-14(3)4/h7-10,13H,5-6,11-12H2,1-4H3;5-8,11H,9-10H2,1-4H3. The average molecular weight is 443 g/mol. The van der Waals surface area contributed by atoms with Gasteiger partial charge in [-0.15, -0.1) is 0 Å². The quantitative estimate of drug-likeness (QED) is 0.395. The van der Waals surface area contributed by atoms with Crippen molar-refractivity contribution in [2.75, 3.05) is 27.2 Å². The third-order valence-corrected chi connectivity index (χ3v) is 5.01. The summed E-state index contributed by atoms with van der Waals surface area (Å²) < 4.78 is 11.1. The van der Waals surface area contributed by atoms with Gasteiger partial charge in [0.1, 0.15) is 0 Å². The Kier molecular flexibility index (Phi) is 14.1. The van der Waals surface area contributed by atoms with Crippen LogP contribution in [0.2, 0.25) is 0 Å². The predicted molar refractivity (Wildman–Crippen MR) is 137 cm³/mol. The molecule has 4 nitrogen and oxygen atoms in total. The molecule has 0 atom stereocenters. The van der Waals surface area contributed by atoms with Crippen LogP contribution < -0.4 is 0 Å². The Hall–Kier alpha value is -1.72. The summed E-state index contributed by atoms with van der Waals surface area (Å²) in [6.07, 6.45) is 0.594. The maximum atomic E-state index is 5.58. The normalized spacial score (nSPS) is 11.4. The van der Waals surface area contributed by atoms with Crippen molar-refractivity contribution < 1.29 is 9.47 Å². The van der Waals surface area contributed by atoms with Gasteiger partial charge >= 0.3 is 0 Å². The third kappa shape index (κ3) is 13.0. The Labute approximate surface area is 197 Å². The molecule has 0 aliphatic rings. The highest BCUT2D eigenvalue weighted by molar-refractivity contribution is 5.22. The van der Waals surface area contributed by atoms with Crippen LogP contribution in [-0.4, -0.2) is 49.2 Å². The molecule has 0 fully saturated rings. The summed E-state index contributed by atoms with van der Waals surface area (Å²) in [5.74, 6) is 0. The minimum atomic E-state index is 0.297. The van der Waals surface area contributed by atoms with Crippen LogP contribution in [0.25, 0.3) is 0 Å². The second-order valence-electron chi connectivity index (χ2n) is 9.05. The zero-order valence-electron chi connectivity index (χ0n) is 21.7. The van der Waals surface area contributed by atoms with Crippen LogP contribution >= 0.6 is 0 Å². The Bertz CT molecular complexity index is 705. The van der Waals surface area contributed by atoms with Gasteiger partial charge < -0.3 is 14.4 Å². The highest BCUT2D eigenvalue weighted by atomic mass is 16.5. The molecule has 0 aliphatic carbocycles. The average Bonchev–Trinajstić information content (AvgIpc) is 2.76. The van der Waals surface area contributed by atoms with Crippen molar-refractivity contribution >= 4 is 0 Å². The lowest BCUT2D eigenvalue weighted by atomic mass is 10.1. The molecule has 0 unspecified atom stereocenters. The minimum Gasteiger partial charge on any atom is -0.374 e. The van der Waals surface area contributed by atoms with Crippen LogP contribution in [0.3, 0.4) is 0 Å². The summed E-state index contributed by atoms with van der Waals surface area (Å²) >= 11 is 0. The van der Waals surface area contributed by atoms with Gasteiger partial charge in [-0.05, 0) is 77.1 Å². The van der Waals surface area contributed by atoms with Gasteiger partial charge in [-0.25, -0.2) is 0 Å². The molecule has 0 radical (unpaired) electrons. The molecule has 0 aromatic heterocycles. The van der Waals surface area contributed by atoms with Crippen molar-refractivity contribution in [1.29, 1.82) is 0 Å². The molecule has 0 saturated heterocycles. The summed E-state index contributed by atoms with van der Waals surface area (Å²) in [5, 5.41) is 0. The largest absolute Gasteiger partial charge is 0.374 e. The molecule has 0 N–H and O–H groups in total. The molecule has 0 saturated carbocycles. The fourth-order valence-electron chi connectivity index (χ4n) is 3.08. The smallest absolute Gasteiger partial charge is 0.0720 e. The summed E-state index contributed by atoms with van der Waals surface area (Å²) in [6, 6.07) is 17.4. The molecule has 0 bridgehead atoms. The second-order valence-corrected chi connectivity index (χ2v) is 9.05.